The van der Waals surface area contributed by atoms with Gasteiger partial charge in [-0.3, -0.25) is 0 Å². The number of pyridine rings is 1. The minimum Gasteiger partial charge on any atom is -0.478 e. The van der Waals surface area contributed by atoms with Crippen LogP contribution in [0.15, 0.2) is 18.3 Å². The molecule has 17 heavy (non-hydrogen) atoms. The summed E-state index contributed by atoms with van der Waals surface area (Å²) in [7, 11) is 0. The predicted molar refractivity (Wildman–Crippen MR) is 68.3 cm³/mol. The molecule has 4 nitrogen and oxygen atoms in total. The van der Waals surface area contributed by atoms with Crippen molar-refractivity contribution >= 4 is 11.8 Å². The molecule has 1 aromatic heterocycles. The monoisotopic (exact) mass is 236 g/mol. The van der Waals surface area contributed by atoms with Crippen molar-refractivity contribution in [3.05, 3.63) is 23.9 Å². The lowest BCUT2D eigenvalue weighted by Crippen LogP contribution is -2.28. The second kappa shape index (κ2) is 5.17. The number of carbonyl (C=O) groups is 1. The largest absolute Gasteiger partial charge is 0.478 e. The number of anilines is 1. The van der Waals surface area contributed by atoms with E-state index < -0.39 is 5.97 Å². The number of hydrogen-bond donors (Lipinski definition) is 2. The molecule has 1 heterocycles. The van der Waals surface area contributed by atoms with Crippen molar-refractivity contribution in [2.45, 2.75) is 27.7 Å². The molecule has 0 saturated carbocycles. The molecule has 2 N–H and O–H groups in total. The van der Waals surface area contributed by atoms with Gasteiger partial charge in [-0.25, -0.2) is 9.78 Å². The molecule has 94 valence electrons. The number of nitrogens with one attached hydrogen (secondary N) is 1. The van der Waals surface area contributed by atoms with Crippen LogP contribution in [0.2, 0.25) is 0 Å². The maximum Gasteiger partial charge on any atom is 0.337 e. The average Bonchev–Trinajstić information content (AvgIpc) is 2.27. The Kier molecular flexibility index (Phi) is 4.10. The summed E-state index contributed by atoms with van der Waals surface area (Å²) in [6, 6.07) is 3.25. The number of aromatic carboxylic acids is 1. The van der Waals surface area contributed by atoms with E-state index >= 15 is 0 Å². The normalized spacial score (nSPS) is 11.6. The highest BCUT2D eigenvalue weighted by atomic mass is 16.4. The van der Waals surface area contributed by atoms with Gasteiger partial charge in [-0.05, 0) is 23.5 Å². The number of carboxylic acid groups (broad SMARTS) is 1. The number of carboxylic acids is 1. The number of aromatic nitrogens is 1. The van der Waals surface area contributed by atoms with Gasteiger partial charge in [0.05, 0.1) is 5.56 Å². The first-order valence-electron chi connectivity index (χ1n) is 5.76. The fourth-order valence-corrected chi connectivity index (χ4v) is 1.15. The lowest BCUT2D eigenvalue weighted by molar-refractivity contribution is 0.0696. The summed E-state index contributed by atoms with van der Waals surface area (Å²) in [6.45, 7) is 9.56. The smallest absolute Gasteiger partial charge is 0.337 e. The Labute approximate surface area is 102 Å². The molecule has 0 radical (unpaired) electrons. The average molecular weight is 236 g/mol. The molecule has 0 spiro atoms. The Morgan fingerprint density at radius 3 is 2.53 bits per heavy atom. The van der Waals surface area contributed by atoms with E-state index in [-0.39, 0.29) is 11.0 Å². The van der Waals surface area contributed by atoms with Gasteiger partial charge in [-0.2, -0.15) is 0 Å². The Balaban J connectivity index is 2.62. The molecular formula is C13H20N2O2. The van der Waals surface area contributed by atoms with Crippen LogP contribution in [0, 0.1) is 11.3 Å². The van der Waals surface area contributed by atoms with Crippen molar-refractivity contribution in [3.63, 3.8) is 0 Å². The van der Waals surface area contributed by atoms with Crippen molar-refractivity contribution in [1.29, 1.82) is 0 Å². The van der Waals surface area contributed by atoms with Crippen molar-refractivity contribution in [3.8, 4) is 0 Å². The van der Waals surface area contributed by atoms with Crippen LogP contribution in [-0.4, -0.2) is 22.6 Å². The quantitative estimate of drug-likeness (QED) is 0.825. The minimum absolute atomic E-state index is 0.174. The number of nitrogens with zero attached hydrogens (tertiary/aromatic N) is 1. The lowest BCUT2D eigenvalue weighted by Gasteiger charge is -2.29. The Morgan fingerprint density at radius 1 is 1.47 bits per heavy atom. The van der Waals surface area contributed by atoms with E-state index in [1.807, 2.05) is 0 Å². The fourth-order valence-electron chi connectivity index (χ4n) is 1.15. The van der Waals surface area contributed by atoms with Crippen molar-refractivity contribution < 1.29 is 9.90 Å². The van der Waals surface area contributed by atoms with Gasteiger partial charge in [-0.15, -0.1) is 0 Å². The summed E-state index contributed by atoms with van der Waals surface area (Å²) < 4.78 is 0. The SMILES string of the molecule is CC(C)C(C)(C)CNc1ccc(C(=O)O)cn1. The molecule has 0 fully saturated rings. The highest BCUT2D eigenvalue weighted by Gasteiger charge is 2.21. The molecule has 0 aliphatic carbocycles. The molecule has 0 saturated heterocycles. The topological polar surface area (TPSA) is 62.2 Å². The third-order valence-electron chi connectivity index (χ3n) is 3.30. The van der Waals surface area contributed by atoms with Gasteiger partial charge in [0.1, 0.15) is 5.82 Å². The zero-order valence-corrected chi connectivity index (χ0v) is 10.8. The molecule has 0 atom stereocenters. The van der Waals surface area contributed by atoms with E-state index in [2.05, 4.69) is 38.0 Å². The van der Waals surface area contributed by atoms with E-state index in [0.29, 0.717) is 11.7 Å². The molecule has 1 rings (SSSR count). The van der Waals surface area contributed by atoms with Crippen molar-refractivity contribution in [1.82, 2.24) is 4.98 Å². The molecule has 0 aliphatic rings. The summed E-state index contributed by atoms with van der Waals surface area (Å²) in [5.41, 5.74) is 0.381. The van der Waals surface area contributed by atoms with E-state index in [4.69, 9.17) is 5.11 Å². The molecule has 0 unspecified atom stereocenters. The third-order valence-corrected chi connectivity index (χ3v) is 3.30. The molecule has 4 heteroatoms. The Hall–Kier alpha value is -1.58. The van der Waals surface area contributed by atoms with Crippen LogP contribution in [0.4, 0.5) is 5.82 Å². The fraction of sp³-hybridized carbons (Fsp3) is 0.538. The molecule has 1 aromatic rings. The van der Waals surface area contributed by atoms with Crippen LogP contribution < -0.4 is 5.32 Å². The Bertz CT molecular complexity index is 383. The Morgan fingerprint density at radius 2 is 2.12 bits per heavy atom. The molecule has 0 aromatic carbocycles. The van der Waals surface area contributed by atoms with Gasteiger partial charge in [-0.1, -0.05) is 27.7 Å². The number of rotatable bonds is 5. The predicted octanol–water partition coefficient (Wildman–Crippen LogP) is 2.87. The highest BCUT2D eigenvalue weighted by Crippen LogP contribution is 2.25. The standard InChI is InChI=1S/C13H20N2O2/c1-9(2)13(3,4)8-15-11-6-5-10(7-14-11)12(16)17/h5-7,9H,8H2,1-4H3,(H,14,15)(H,16,17). The van der Waals surface area contributed by atoms with Gasteiger partial charge in [0.15, 0.2) is 0 Å². The maximum atomic E-state index is 10.7. The van der Waals surface area contributed by atoms with Gasteiger partial charge in [0.2, 0.25) is 0 Å². The van der Waals surface area contributed by atoms with E-state index in [9.17, 15) is 4.79 Å². The summed E-state index contributed by atoms with van der Waals surface area (Å²) in [5.74, 6) is 0.323. The molecule has 0 amide bonds. The van der Waals surface area contributed by atoms with E-state index in [1.54, 1.807) is 12.1 Å². The van der Waals surface area contributed by atoms with Crippen molar-refractivity contribution in [2.75, 3.05) is 11.9 Å². The summed E-state index contributed by atoms with van der Waals surface area (Å²) >= 11 is 0. The van der Waals surface area contributed by atoms with E-state index in [0.717, 1.165) is 6.54 Å². The van der Waals surface area contributed by atoms with Gasteiger partial charge < -0.3 is 10.4 Å². The first-order valence-corrected chi connectivity index (χ1v) is 5.76. The zero-order chi connectivity index (χ0) is 13.1. The van der Waals surface area contributed by atoms with Crippen LogP contribution in [-0.2, 0) is 0 Å². The van der Waals surface area contributed by atoms with Crippen LogP contribution in [0.1, 0.15) is 38.1 Å². The van der Waals surface area contributed by atoms with Gasteiger partial charge >= 0.3 is 5.97 Å². The molecular weight excluding hydrogens is 216 g/mol. The van der Waals surface area contributed by atoms with Crippen LogP contribution in [0.25, 0.3) is 0 Å². The maximum absolute atomic E-state index is 10.7. The van der Waals surface area contributed by atoms with Gasteiger partial charge in [0, 0.05) is 12.7 Å². The summed E-state index contributed by atoms with van der Waals surface area (Å²) in [4.78, 5) is 14.7. The third kappa shape index (κ3) is 3.73. The summed E-state index contributed by atoms with van der Waals surface area (Å²) in [5, 5.41) is 12.0. The van der Waals surface area contributed by atoms with Crippen LogP contribution in [0.3, 0.4) is 0 Å². The lowest BCUT2D eigenvalue weighted by atomic mass is 9.81. The first-order chi connectivity index (χ1) is 7.83. The second-order valence-electron chi connectivity index (χ2n) is 5.23. The molecule has 0 aliphatic heterocycles. The highest BCUT2D eigenvalue weighted by molar-refractivity contribution is 5.87. The van der Waals surface area contributed by atoms with Gasteiger partial charge in [0.25, 0.3) is 0 Å². The minimum atomic E-state index is -0.952. The van der Waals surface area contributed by atoms with Crippen LogP contribution in [0.5, 0.6) is 0 Å². The van der Waals surface area contributed by atoms with Crippen molar-refractivity contribution in [2.24, 2.45) is 11.3 Å². The second-order valence-corrected chi connectivity index (χ2v) is 5.23. The molecule has 0 bridgehead atoms. The first kappa shape index (κ1) is 13.5. The summed E-state index contributed by atoms with van der Waals surface area (Å²) in [6.07, 6.45) is 1.37. The number of hydrogen-bond acceptors (Lipinski definition) is 3. The van der Waals surface area contributed by atoms with E-state index in [1.165, 1.54) is 6.20 Å². The zero-order valence-electron chi connectivity index (χ0n) is 10.8. The van der Waals surface area contributed by atoms with Crippen LogP contribution >= 0.6 is 0 Å².